The lowest BCUT2D eigenvalue weighted by Crippen LogP contribution is -2.22. The highest BCUT2D eigenvalue weighted by molar-refractivity contribution is 5.75. The number of carbonyl (C=O) groups is 1. The number of hydrogen-bond donors (Lipinski definition) is 0. The molecule has 4 heteroatoms. The molecule has 104 valence electrons. The van der Waals surface area contributed by atoms with Crippen molar-refractivity contribution in [1.82, 2.24) is 9.97 Å². The zero-order chi connectivity index (χ0) is 13.7. The summed E-state index contributed by atoms with van der Waals surface area (Å²) in [6, 6.07) is 0. The Morgan fingerprint density at radius 1 is 1.26 bits per heavy atom. The van der Waals surface area contributed by atoms with Crippen LogP contribution in [0.15, 0.2) is 12.4 Å². The van der Waals surface area contributed by atoms with Gasteiger partial charge in [-0.3, -0.25) is 4.79 Å². The number of hydrogen-bond acceptors (Lipinski definition) is 4. The normalized spacial score (nSPS) is 16.3. The summed E-state index contributed by atoms with van der Waals surface area (Å²) in [5.74, 6) is 1.55. The summed E-state index contributed by atoms with van der Waals surface area (Å²) in [5.41, 5.74) is 1.27. The van der Waals surface area contributed by atoms with Crippen molar-refractivity contribution in [2.24, 2.45) is 0 Å². The molecule has 1 fully saturated rings. The van der Waals surface area contributed by atoms with E-state index < -0.39 is 0 Å². The van der Waals surface area contributed by atoms with E-state index in [-0.39, 0.29) is 5.78 Å². The topological polar surface area (TPSA) is 46.1 Å². The third-order valence-corrected chi connectivity index (χ3v) is 3.88. The van der Waals surface area contributed by atoms with Crippen LogP contribution < -0.4 is 4.90 Å². The molecule has 0 spiro atoms. The molecule has 0 radical (unpaired) electrons. The predicted octanol–water partition coefficient (Wildman–Crippen LogP) is 2.94. The van der Waals surface area contributed by atoms with E-state index in [4.69, 9.17) is 0 Å². The average molecular weight is 261 g/mol. The first kappa shape index (κ1) is 14.0. The fourth-order valence-electron chi connectivity index (χ4n) is 2.60. The van der Waals surface area contributed by atoms with Gasteiger partial charge >= 0.3 is 0 Å². The SMILES string of the molecule is CC(=O)CCN(C)c1ncc(C2CCCCC2)cn1. The number of aromatic nitrogens is 2. The van der Waals surface area contributed by atoms with Gasteiger partial charge in [-0.25, -0.2) is 9.97 Å². The van der Waals surface area contributed by atoms with E-state index in [9.17, 15) is 4.79 Å². The summed E-state index contributed by atoms with van der Waals surface area (Å²) >= 11 is 0. The Morgan fingerprint density at radius 2 is 1.89 bits per heavy atom. The lowest BCUT2D eigenvalue weighted by molar-refractivity contribution is -0.116. The number of ketones is 1. The molecule has 0 saturated heterocycles. The van der Waals surface area contributed by atoms with Crippen molar-refractivity contribution in [3.8, 4) is 0 Å². The Balaban J connectivity index is 1.95. The zero-order valence-electron chi connectivity index (χ0n) is 11.9. The Hall–Kier alpha value is -1.45. The quantitative estimate of drug-likeness (QED) is 0.817. The zero-order valence-corrected chi connectivity index (χ0v) is 11.9. The third-order valence-electron chi connectivity index (χ3n) is 3.88. The maximum absolute atomic E-state index is 11.0. The van der Waals surface area contributed by atoms with E-state index in [1.165, 1.54) is 37.7 Å². The van der Waals surface area contributed by atoms with Crippen molar-refractivity contribution in [3.63, 3.8) is 0 Å². The first-order valence-electron chi connectivity index (χ1n) is 7.19. The van der Waals surface area contributed by atoms with E-state index in [0.29, 0.717) is 24.8 Å². The van der Waals surface area contributed by atoms with Crippen LogP contribution in [0.25, 0.3) is 0 Å². The highest BCUT2D eigenvalue weighted by atomic mass is 16.1. The minimum Gasteiger partial charge on any atom is -0.343 e. The number of Topliss-reactive ketones (excluding diaryl/α,β-unsaturated/α-hetero) is 1. The lowest BCUT2D eigenvalue weighted by Gasteiger charge is -2.22. The molecule has 0 atom stereocenters. The van der Waals surface area contributed by atoms with Crippen LogP contribution >= 0.6 is 0 Å². The van der Waals surface area contributed by atoms with E-state index >= 15 is 0 Å². The van der Waals surface area contributed by atoms with Crippen molar-refractivity contribution in [2.75, 3.05) is 18.5 Å². The molecule has 0 aliphatic heterocycles. The number of carbonyl (C=O) groups excluding carboxylic acids is 1. The fourth-order valence-corrected chi connectivity index (χ4v) is 2.60. The van der Waals surface area contributed by atoms with Gasteiger partial charge in [-0.2, -0.15) is 0 Å². The van der Waals surface area contributed by atoms with Crippen LogP contribution in [0.1, 0.15) is 56.9 Å². The molecule has 0 N–H and O–H groups in total. The molecule has 19 heavy (non-hydrogen) atoms. The lowest BCUT2D eigenvalue weighted by atomic mass is 9.85. The number of rotatable bonds is 5. The van der Waals surface area contributed by atoms with Crippen LogP contribution in [0.4, 0.5) is 5.95 Å². The summed E-state index contributed by atoms with van der Waals surface area (Å²) in [6.07, 6.45) is 11.0. The summed E-state index contributed by atoms with van der Waals surface area (Å²) in [7, 11) is 1.93. The Kier molecular flexibility index (Phi) is 4.88. The molecule has 1 aliphatic carbocycles. The van der Waals surface area contributed by atoms with Gasteiger partial charge in [0.05, 0.1) is 0 Å². The predicted molar refractivity (Wildman–Crippen MR) is 76.4 cm³/mol. The van der Waals surface area contributed by atoms with Gasteiger partial charge in [-0.15, -0.1) is 0 Å². The van der Waals surface area contributed by atoms with Gasteiger partial charge in [-0.1, -0.05) is 19.3 Å². The van der Waals surface area contributed by atoms with E-state index in [0.717, 1.165) is 0 Å². The smallest absolute Gasteiger partial charge is 0.225 e. The third kappa shape index (κ3) is 4.01. The molecule has 1 aliphatic rings. The van der Waals surface area contributed by atoms with Gasteiger partial charge in [0.15, 0.2) is 0 Å². The van der Waals surface area contributed by atoms with Crippen molar-refractivity contribution in [1.29, 1.82) is 0 Å². The maximum Gasteiger partial charge on any atom is 0.225 e. The van der Waals surface area contributed by atoms with E-state index in [1.54, 1.807) is 6.92 Å². The van der Waals surface area contributed by atoms with Crippen LogP contribution in [0, 0.1) is 0 Å². The molecule has 4 nitrogen and oxygen atoms in total. The molecule has 1 heterocycles. The minimum atomic E-state index is 0.200. The van der Waals surface area contributed by atoms with E-state index in [2.05, 4.69) is 9.97 Å². The Morgan fingerprint density at radius 3 is 2.47 bits per heavy atom. The highest BCUT2D eigenvalue weighted by Gasteiger charge is 2.16. The molecule has 1 aromatic heterocycles. The van der Waals surface area contributed by atoms with Gasteiger partial charge in [0.25, 0.3) is 0 Å². The van der Waals surface area contributed by atoms with Gasteiger partial charge in [-0.05, 0) is 31.2 Å². The minimum absolute atomic E-state index is 0.200. The van der Waals surface area contributed by atoms with Crippen LogP contribution in [0.2, 0.25) is 0 Å². The number of nitrogens with zero attached hydrogens (tertiary/aromatic N) is 3. The van der Waals surface area contributed by atoms with Crippen LogP contribution in [-0.4, -0.2) is 29.3 Å². The highest BCUT2D eigenvalue weighted by Crippen LogP contribution is 2.31. The molecule has 1 saturated carbocycles. The van der Waals surface area contributed by atoms with Gasteiger partial charge < -0.3 is 4.90 Å². The Bertz CT molecular complexity index is 410. The number of anilines is 1. The second-order valence-electron chi connectivity index (χ2n) is 5.52. The van der Waals surface area contributed by atoms with Crippen molar-refractivity contribution in [2.45, 2.75) is 51.4 Å². The molecule has 2 rings (SSSR count). The van der Waals surface area contributed by atoms with Crippen LogP contribution in [0.3, 0.4) is 0 Å². The monoisotopic (exact) mass is 261 g/mol. The summed E-state index contributed by atoms with van der Waals surface area (Å²) < 4.78 is 0. The molecular weight excluding hydrogens is 238 g/mol. The molecule has 0 bridgehead atoms. The summed E-state index contributed by atoms with van der Waals surface area (Å²) in [5, 5.41) is 0. The molecule has 0 unspecified atom stereocenters. The Labute approximate surface area is 115 Å². The molecule has 1 aromatic rings. The molecular formula is C15H23N3O. The first-order chi connectivity index (χ1) is 9.16. The first-order valence-corrected chi connectivity index (χ1v) is 7.19. The van der Waals surface area contributed by atoms with Gasteiger partial charge in [0, 0.05) is 32.4 Å². The standard InChI is InChI=1S/C15H23N3O/c1-12(19)8-9-18(2)15-16-10-14(11-17-15)13-6-4-3-5-7-13/h10-11,13H,3-9H2,1-2H3. The summed E-state index contributed by atoms with van der Waals surface area (Å²) in [4.78, 5) is 21.8. The summed E-state index contributed by atoms with van der Waals surface area (Å²) in [6.45, 7) is 2.29. The second kappa shape index (κ2) is 6.64. The van der Waals surface area contributed by atoms with E-state index in [1.807, 2.05) is 24.3 Å². The molecule has 0 amide bonds. The molecule has 0 aromatic carbocycles. The average Bonchev–Trinajstić information content (AvgIpc) is 2.46. The van der Waals surface area contributed by atoms with Crippen molar-refractivity contribution >= 4 is 11.7 Å². The van der Waals surface area contributed by atoms with Crippen molar-refractivity contribution < 1.29 is 4.79 Å². The fraction of sp³-hybridized carbons (Fsp3) is 0.667. The largest absolute Gasteiger partial charge is 0.343 e. The maximum atomic E-state index is 11.0. The van der Waals surface area contributed by atoms with Gasteiger partial charge in [0.1, 0.15) is 5.78 Å². The second-order valence-corrected chi connectivity index (χ2v) is 5.52. The van der Waals surface area contributed by atoms with Gasteiger partial charge in [0.2, 0.25) is 5.95 Å². The van der Waals surface area contributed by atoms with Crippen LogP contribution in [-0.2, 0) is 4.79 Å². The van der Waals surface area contributed by atoms with Crippen LogP contribution in [0.5, 0.6) is 0 Å². The van der Waals surface area contributed by atoms with Crippen molar-refractivity contribution in [3.05, 3.63) is 18.0 Å².